The molecule has 0 bridgehead atoms. The van der Waals surface area contributed by atoms with Gasteiger partial charge in [0.25, 0.3) is 11.8 Å². The molecule has 2 aromatic rings. The molecule has 138 valence electrons. The van der Waals surface area contributed by atoms with Crippen molar-refractivity contribution in [3.8, 4) is 5.75 Å². The molecule has 6 nitrogen and oxygen atoms in total. The van der Waals surface area contributed by atoms with E-state index >= 15 is 0 Å². The van der Waals surface area contributed by atoms with E-state index in [0.29, 0.717) is 35.8 Å². The highest BCUT2D eigenvalue weighted by Crippen LogP contribution is 2.20. The third kappa shape index (κ3) is 5.60. The fourth-order valence-electron chi connectivity index (χ4n) is 2.26. The van der Waals surface area contributed by atoms with Crippen LogP contribution in [0.25, 0.3) is 0 Å². The van der Waals surface area contributed by atoms with E-state index in [2.05, 4.69) is 10.6 Å². The number of carbonyl (C=O) groups is 2. The third-order valence-electron chi connectivity index (χ3n) is 3.50. The van der Waals surface area contributed by atoms with E-state index in [0.717, 1.165) is 0 Å². The second kappa shape index (κ2) is 9.58. The Morgan fingerprint density at radius 1 is 0.962 bits per heavy atom. The Hall–Kier alpha value is -2.86. The predicted molar refractivity (Wildman–Crippen MR) is 101 cm³/mol. The normalized spacial score (nSPS) is 10.5. The summed E-state index contributed by atoms with van der Waals surface area (Å²) in [5.41, 5.74) is 1.58. The number of benzene rings is 2. The summed E-state index contributed by atoms with van der Waals surface area (Å²) in [5, 5.41) is 5.64. The van der Waals surface area contributed by atoms with Crippen molar-refractivity contribution in [2.45, 2.75) is 19.9 Å². The van der Waals surface area contributed by atoms with Crippen molar-refractivity contribution in [3.63, 3.8) is 0 Å². The summed E-state index contributed by atoms with van der Waals surface area (Å²) in [4.78, 5) is 24.5. The van der Waals surface area contributed by atoms with Gasteiger partial charge in [0.05, 0.1) is 12.2 Å². The van der Waals surface area contributed by atoms with E-state index in [-0.39, 0.29) is 17.9 Å². The van der Waals surface area contributed by atoms with Crippen LogP contribution >= 0.6 is 0 Å². The molecular formula is C20H24N2O4. The zero-order chi connectivity index (χ0) is 18.9. The van der Waals surface area contributed by atoms with Crippen LogP contribution in [-0.4, -0.2) is 38.2 Å². The summed E-state index contributed by atoms with van der Waals surface area (Å²) < 4.78 is 10.5. The van der Waals surface area contributed by atoms with Crippen molar-refractivity contribution in [3.05, 3.63) is 59.7 Å². The molecule has 2 N–H and O–H groups in total. The van der Waals surface area contributed by atoms with Gasteiger partial charge in [0.2, 0.25) is 0 Å². The monoisotopic (exact) mass is 356 g/mol. The van der Waals surface area contributed by atoms with Gasteiger partial charge in [-0.1, -0.05) is 12.1 Å². The van der Waals surface area contributed by atoms with Crippen LogP contribution in [0.2, 0.25) is 0 Å². The number of hydrogen-bond acceptors (Lipinski definition) is 4. The van der Waals surface area contributed by atoms with Crippen LogP contribution in [0.5, 0.6) is 5.75 Å². The molecule has 0 aliphatic carbocycles. The standard InChI is InChI=1S/C20H24N2O4/c1-14(2)21-19(23)15-8-10-16(11-9-15)22-20(24)17-6-4-5-7-18(17)26-13-12-25-3/h4-11,14H,12-13H2,1-3H3,(H,21,23)(H,22,24). The summed E-state index contributed by atoms with van der Waals surface area (Å²) in [7, 11) is 1.59. The van der Waals surface area contributed by atoms with Crippen LogP contribution in [0.3, 0.4) is 0 Å². The maximum atomic E-state index is 12.5. The van der Waals surface area contributed by atoms with Gasteiger partial charge >= 0.3 is 0 Å². The van der Waals surface area contributed by atoms with Crippen molar-refractivity contribution in [1.29, 1.82) is 0 Å². The number of rotatable bonds is 8. The SMILES string of the molecule is COCCOc1ccccc1C(=O)Nc1ccc(C(=O)NC(C)C)cc1. The quantitative estimate of drug-likeness (QED) is 0.713. The molecule has 2 aromatic carbocycles. The minimum Gasteiger partial charge on any atom is -0.490 e. The van der Waals surface area contributed by atoms with Gasteiger partial charge in [-0.25, -0.2) is 0 Å². The summed E-state index contributed by atoms with van der Waals surface area (Å²) >= 11 is 0. The Morgan fingerprint density at radius 2 is 1.65 bits per heavy atom. The van der Waals surface area contributed by atoms with Crippen LogP contribution in [0.4, 0.5) is 5.69 Å². The van der Waals surface area contributed by atoms with Gasteiger partial charge in [-0.05, 0) is 50.2 Å². The Balaban J connectivity index is 2.05. The van der Waals surface area contributed by atoms with E-state index in [1.54, 1.807) is 55.6 Å². The Kier molecular flexibility index (Phi) is 7.17. The van der Waals surface area contributed by atoms with Crippen LogP contribution in [0.1, 0.15) is 34.6 Å². The van der Waals surface area contributed by atoms with Gasteiger partial charge in [0.15, 0.2) is 0 Å². The van der Waals surface area contributed by atoms with Crippen LogP contribution in [0, 0.1) is 0 Å². The lowest BCUT2D eigenvalue weighted by Crippen LogP contribution is -2.30. The van der Waals surface area contributed by atoms with E-state index in [1.807, 2.05) is 13.8 Å². The fourth-order valence-corrected chi connectivity index (χ4v) is 2.26. The highest BCUT2D eigenvalue weighted by atomic mass is 16.5. The maximum Gasteiger partial charge on any atom is 0.259 e. The second-order valence-electron chi connectivity index (χ2n) is 6.00. The number of hydrogen-bond donors (Lipinski definition) is 2. The van der Waals surface area contributed by atoms with Gasteiger partial charge in [0, 0.05) is 24.4 Å². The third-order valence-corrected chi connectivity index (χ3v) is 3.50. The van der Waals surface area contributed by atoms with Crippen molar-refractivity contribution >= 4 is 17.5 Å². The maximum absolute atomic E-state index is 12.5. The predicted octanol–water partition coefficient (Wildman–Crippen LogP) is 3.10. The zero-order valence-corrected chi connectivity index (χ0v) is 15.2. The Bertz CT molecular complexity index is 742. The lowest BCUT2D eigenvalue weighted by Gasteiger charge is -2.12. The molecule has 0 saturated carbocycles. The molecule has 2 amide bonds. The number of anilines is 1. The number of ether oxygens (including phenoxy) is 2. The van der Waals surface area contributed by atoms with Crippen molar-refractivity contribution in [2.24, 2.45) is 0 Å². The lowest BCUT2D eigenvalue weighted by atomic mass is 10.1. The molecule has 6 heteroatoms. The highest BCUT2D eigenvalue weighted by Gasteiger charge is 2.13. The van der Waals surface area contributed by atoms with E-state index < -0.39 is 0 Å². The first-order valence-corrected chi connectivity index (χ1v) is 8.44. The molecule has 26 heavy (non-hydrogen) atoms. The van der Waals surface area contributed by atoms with Crippen LogP contribution in [-0.2, 0) is 4.74 Å². The molecule has 0 atom stereocenters. The van der Waals surface area contributed by atoms with Gasteiger partial charge in [-0.3, -0.25) is 9.59 Å². The molecule has 0 fully saturated rings. The van der Waals surface area contributed by atoms with Gasteiger partial charge in [0.1, 0.15) is 12.4 Å². The van der Waals surface area contributed by atoms with Gasteiger partial charge in [-0.15, -0.1) is 0 Å². The summed E-state index contributed by atoms with van der Waals surface area (Å²) in [6.07, 6.45) is 0. The van der Waals surface area contributed by atoms with Crippen molar-refractivity contribution < 1.29 is 19.1 Å². The smallest absolute Gasteiger partial charge is 0.259 e. The molecule has 2 rings (SSSR count). The average molecular weight is 356 g/mol. The van der Waals surface area contributed by atoms with Gasteiger partial charge in [-0.2, -0.15) is 0 Å². The number of nitrogens with one attached hydrogen (secondary N) is 2. The minimum atomic E-state index is -0.280. The fraction of sp³-hybridized carbons (Fsp3) is 0.300. The van der Waals surface area contributed by atoms with Gasteiger partial charge < -0.3 is 20.1 Å². The number of carbonyl (C=O) groups excluding carboxylic acids is 2. The summed E-state index contributed by atoms with van der Waals surface area (Å²) in [5.74, 6) is 0.0714. The van der Waals surface area contributed by atoms with Crippen molar-refractivity contribution in [2.75, 3.05) is 25.6 Å². The molecule has 0 spiro atoms. The Labute approximate surface area is 153 Å². The number of methoxy groups -OCH3 is 1. The van der Waals surface area contributed by atoms with Crippen molar-refractivity contribution in [1.82, 2.24) is 5.32 Å². The minimum absolute atomic E-state index is 0.0662. The van der Waals surface area contributed by atoms with E-state index in [9.17, 15) is 9.59 Å². The molecule has 0 saturated heterocycles. The summed E-state index contributed by atoms with van der Waals surface area (Å²) in [6, 6.07) is 13.8. The van der Waals surface area contributed by atoms with Crippen LogP contribution < -0.4 is 15.4 Å². The molecule has 0 aromatic heterocycles. The lowest BCUT2D eigenvalue weighted by molar-refractivity contribution is 0.0942. The zero-order valence-electron chi connectivity index (χ0n) is 15.2. The van der Waals surface area contributed by atoms with E-state index in [4.69, 9.17) is 9.47 Å². The molecule has 0 unspecified atom stereocenters. The van der Waals surface area contributed by atoms with E-state index in [1.165, 1.54) is 0 Å². The highest BCUT2D eigenvalue weighted by molar-refractivity contribution is 6.06. The number of para-hydroxylation sites is 1. The first-order chi connectivity index (χ1) is 12.5. The molecule has 0 radical (unpaired) electrons. The summed E-state index contributed by atoms with van der Waals surface area (Å²) in [6.45, 7) is 4.60. The molecule has 0 heterocycles. The average Bonchev–Trinajstić information content (AvgIpc) is 2.62. The molecule has 0 aliphatic rings. The number of amides is 2. The first-order valence-electron chi connectivity index (χ1n) is 8.44. The Morgan fingerprint density at radius 3 is 2.31 bits per heavy atom. The topological polar surface area (TPSA) is 76.7 Å². The second-order valence-corrected chi connectivity index (χ2v) is 6.00. The van der Waals surface area contributed by atoms with Crippen LogP contribution in [0.15, 0.2) is 48.5 Å². The first kappa shape index (κ1) is 19.5. The molecule has 0 aliphatic heterocycles. The largest absolute Gasteiger partial charge is 0.490 e. The molecular weight excluding hydrogens is 332 g/mol.